The van der Waals surface area contributed by atoms with Crippen molar-refractivity contribution in [1.82, 2.24) is 9.55 Å². The lowest BCUT2D eigenvalue weighted by Crippen LogP contribution is -2.31. The number of nitrogens with zero attached hydrogens (tertiary/aromatic N) is 2. The van der Waals surface area contributed by atoms with Gasteiger partial charge in [0, 0.05) is 11.6 Å². The van der Waals surface area contributed by atoms with E-state index in [1.807, 2.05) is 0 Å². The van der Waals surface area contributed by atoms with E-state index in [4.69, 9.17) is 5.73 Å². The van der Waals surface area contributed by atoms with Crippen LogP contribution in [-0.2, 0) is 28.7 Å². The zero-order chi connectivity index (χ0) is 17.9. The van der Waals surface area contributed by atoms with E-state index in [1.165, 1.54) is 5.38 Å². The van der Waals surface area contributed by atoms with Crippen molar-refractivity contribution in [1.29, 1.82) is 0 Å². The smallest absolute Gasteiger partial charge is 0.369 e. The number of pyridine rings is 1. The Kier molecular flexibility index (Phi) is 5.02. The first-order valence-electron chi connectivity index (χ1n) is 6.46. The number of primary amides is 1. The highest BCUT2D eigenvalue weighted by Gasteiger charge is 2.34. The van der Waals surface area contributed by atoms with E-state index < -0.39 is 35.7 Å². The molecule has 11 heteroatoms. The van der Waals surface area contributed by atoms with Crippen molar-refractivity contribution in [3.63, 3.8) is 0 Å². The third kappa shape index (κ3) is 4.41. The van der Waals surface area contributed by atoms with Crippen LogP contribution in [0, 0.1) is 0 Å². The lowest BCUT2D eigenvalue weighted by Gasteiger charge is -2.09. The molecule has 2 aromatic rings. The SMILES string of the molecule is NC(=O)Cc1csc(NC(=O)Cn2cccc(C(F)(F)F)c2=O)n1. The normalized spacial score (nSPS) is 11.3. The highest BCUT2D eigenvalue weighted by atomic mass is 32.1. The summed E-state index contributed by atoms with van der Waals surface area (Å²) in [6.07, 6.45) is -3.81. The van der Waals surface area contributed by atoms with Gasteiger partial charge in [0.2, 0.25) is 11.8 Å². The molecule has 2 rings (SSSR count). The fraction of sp³-hybridized carbons (Fsp3) is 0.231. The average molecular weight is 360 g/mol. The first-order chi connectivity index (χ1) is 11.2. The summed E-state index contributed by atoms with van der Waals surface area (Å²) in [7, 11) is 0. The predicted molar refractivity (Wildman–Crippen MR) is 79.3 cm³/mol. The van der Waals surface area contributed by atoms with Crippen LogP contribution in [0.1, 0.15) is 11.3 Å². The molecular weight excluding hydrogens is 349 g/mol. The first-order valence-corrected chi connectivity index (χ1v) is 7.34. The molecule has 0 bridgehead atoms. The molecule has 128 valence electrons. The van der Waals surface area contributed by atoms with Gasteiger partial charge >= 0.3 is 6.18 Å². The number of alkyl halides is 3. The molecule has 0 aliphatic rings. The number of hydrogen-bond acceptors (Lipinski definition) is 5. The molecule has 7 nitrogen and oxygen atoms in total. The molecule has 2 amide bonds. The molecule has 0 aliphatic carbocycles. The lowest BCUT2D eigenvalue weighted by molar-refractivity contribution is -0.139. The number of thiazole rings is 1. The summed E-state index contributed by atoms with van der Waals surface area (Å²) in [6, 6.07) is 1.68. The fourth-order valence-electron chi connectivity index (χ4n) is 1.81. The Bertz CT molecular complexity index is 828. The van der Waals surface area contributed by atoms with Crippen LogP contribution in [0.4, 0.5) is 18.3 Å². The van der Waals surface area contributed by atoms with Gasteiger partial charge < -0.3 is 15.6 Å². The molecule has 2 heterocycles. The van der Waals surface area contributed by atoms with Crippen LogP contribution in [-0.4, -0.2) is 21.4 Å². The zero-order valence-corrected chi connectivity index (χ0v) is 12.8. The molecule has 0 aliphatic heterocycles. The van der Waals surface area contributed by atoms with Gasteiger partial charge in [-0.05, 0) is 12.1 Å². The van der Waals surface area contributed by atoms with Crippen LogP contribution in [0.3, 0.4) is 0 Å². The summed E-state index contributed by atoms with van der Waals surface area (Å²) in [6.45, 7) is -0.604. The first kappa shape index (κ1) is 17.7. The van der Waals surface area contributed by atoms with Crippen molar-refractivity contribution in [3.05, 3.63) is 45.3 Å². The predicted octanol–water partition coefficient (Wildman–Crippen LogP) is 0.990. The summed E-state index contributed by atoms with van der Waals surface area (Å²) in [5.41, 5.74) is 2.71. The number of amides is 2. The Morgan fingerprint density at radius 2 is 2.08 bits per heavy atom. The van der Waals surface area contributed by atoms with Gasteiger partial charge in [-0.15, -0.1) is 11.3 Å². The average Bonchev–Trinajstić information content (AvgIpc) is 2.86. The van der Waals surface area contributed by atoms with Gasteiger partial charge in [0.15, 0.2) is 5.13 Å². The van der Waals surface area contributed by atoms with E-state index in [0.29, 0.717) is 16.3 Å². The molecular formula is C13H11F3N4O3S. The highest BCUT2D eigenvalue weighted by Crippen LogP contribution is 2.26. The van der Waals surface area contributed by atoms with Crippen LogP contribution >= 0.6 is 11.3 Å². The molecule has 0 aromatic carbocycles. The minimum absolute atomic E-state index is 0.0978. The Morgan fingerprint density at radius 3 is 2.71 bits per heavy atom. The van der Waals surface area contributed by atoms with Crippen molar-refractivity contribution in [2.75, 3.05) is 5.32 Å². The molecule has 0 unspecified atom stereocenters. The molecule has 3 N–H and O–H groups in total. The van der Waals surface area contributed by atoms with Gasteiger partial charge in [0.05, 0.1) is 12.1 Å². The molecule has 0 fully saturated rings. The number of carbonyl (C=O) groups is 2. The number of rotatable bonds is 5. The van der Waals surface area contributed by atoms with Crippen LogP contribution in [0.2, 0.25) is 0 Å². The number of nitrogens with two attached hydrogens (primary N) is 1. The molecule has 2 aromatic heterocycles. The van der Waals surface area contributed by atoms with Crippen LogP contribution in [0.15, 0.2) is 28.5 Å². The monoisotopic (exact) mass is 360 g/mol. The second kappa shape index (κ2) is 6.83. The number of aromatic nitrogens is 2. The molecule has 0 radical (unpaired) electrons. The van der Waals surface area contributed by atoms with Crippen molar-refractivity contribution in [3.8, 4) is 0 Å². The van der Waals surface area contributed by atoms with Gasteiger partial charge in [-0.25, -0.2) is 4.98 Å². The van der Waals surface area contributed by atoms with Gasteiger partial charge in [0.1, 0.15) is 12.1 Å². The second-order valence-electron chi connectivity index (χ2n) is 4.69. The van der Waals surface area contributed by atoms with E-state index >= 15 is 0 Å². The zero-order valence-electron chi connectivity index (χ0n) is 12.0. The quantitative estimate of drug-likeness (QED) is 0.829. The summed E-state index contributed by atoms with van der Waals surface area (Å²) >= 11 is 1.02. The van der Waals surface area contributed by atoms with Gasteiger partial charge in [-0.3, -0.25) is 14.4 Å². The van der Waals surface area contributed by atoms with Crippen molar-refractivity contribution in [2.24, 2.45) is 5.73 Å². The molecule has 24 heavy (non-hydrogen) atoms. The summed E-state index contributed by atoms with van der Waals surface area (Å²) < 4.78 is 38.6. The largest absolute Gasteiger partial charge is 0.421 e. The second-order valence-corrected chi connectivity index (χ2v) is 5.55. The maximum atomic E-state index is 12.7. The van der Waals surface area contributed by atoms with Crippen molar-refractivity contribution in [2.45, 2.75) is 19.1 Å². The van der Waals surface area contributed by atoms with Gasteiger partial charge in [-0.2, -0.15) is 13.2 Å². The standard InChI is InChI=1S/C13H11F3N4O3S/c14-13(15,16)8-2-1-3-20(11(8)23)5-10(22)19-12-18-7(6-24-12)4-9(17)21/h1-3,6H,4-5H2,(H2,17,21)(H,18,19,22). The Balaban J connectivity index is 2.09. The Hall–Kier alpha value is -2.69. The van der Waals surface area contributed by atoms with E-state index in [-0.39, 0.29) is 11.6 Å². The summed E-state index contributed by atoms with van der Waals surface area (Å²) in [5.74, 6) is -1.31. The topological polar surface area (TPSA) is 107 Å². The number of anilines is 1. The number of nitrogens with one attached hydrogen (secondary N) is 1. The number of hydrogen-bond donors (Lipinski definition) is 2. The van der Waals surface area contributed by atoms with E-state index in [1.54, 1.807) is 0 Å². The Morgan fingerprint density at radius 1 is 1.38 bits per heavy atom. The minimum Gasteiger partial charge on any atom is -0.369 e. The Labute approximate surface area is 136 Å². The van der Waals surface area contributed by atoms with Crippen molar-refractivity contribution >= 4 is 28.3 Å². The molecule has 0 saturated carbocycles. The molecule has 0 spiro atoms. The van der Waals surface area contributed by atoms with Crippen molar-refractivity contribution < 1.29 is 22.8 Å². The van der Waals surface area contributed by atoms with E-state index in [2.05, 4.69) is 10.3 Å². The maximum absolute atomic E-state index is 12.7. The van der Waals surface area contributed by atoms with Crippen LogP contribution in [0.5, 0.6) is 0 Å². The molecule has 0 atom stereocenters. The fourth-order valence-corrected chi connectivity index (χ4v) is 2.54. The minimum atomic E-state index is -4.80. The lowest BCUT2D eigenvalue weighted by atomic mass is 10.2. The van der Waals surface area contributed by atoms with Gasteiger partial charge in [-0.1, -0.05) is 0 Å². The van der Waals surface area contributed by atoms with Crippen LogP contribution < -0.4 is 16.6 Å². The van der Waals surface area contributed by atoms with E-state index in [9.17, 15) is 27.6 Å². The number of halogens is 3. The summed E-state index contributed by atoms with van der Waals surface area (Å²) in [4.78, 5) is 38.3. The van der Waals surface area contributed by atoms with Crippen LogP contribution in [0.25, 0.3) is 0 Å². The van der Waals surface area contributed by atoms with E-state index in [0.717, 1.165) is 23.6 Å². The number of carbonyl (C=O) groups excluding carboxylic acids is 2. The van der Waals surface area contributed by atoms with Gasteiger partial charge in [0.25, 0.3) is 5.56 Å². The third-order valence-electron chi connectivity index (χ3n) is 2.79. The highest BCUT2D eigenvalue weighted by molar-refractivity contribution is 7.13. The molecule has 0 saturated heterocycles. The third-order valence-corrected chi connectivity index (χ3v) is 3.60. The maximum Gasteiger partial charge on any atom is 0.421 e. The summed E-state index contributed by atoms with van der Waals surface area (Å²) in [5, 5.41) is 4.00.